The number of imidazole rings is 1. The maximum Gasteiger partial charge on any atom is 0.251 e. The number of nitrogens with zero attached hydrogens (tertiary/aromatic N) is 2. The van der Waals surface area contributed by atoms with Gasteiger partial charge in [-0.2, -0.15) is 0 Å². The highest BCUT2D eigenvalue weighted by Gasteiger charge is 2.13. The molecule has 4 nitrogen and oxygen atoms in total. The SMILES string of the molecule is CCC(C)c1ccc(Cn2c(CNC(=O)c3ccccc3)nc3ccccc32)cc1. The van der Waals surface area contributed by atoms with Gasteiger partial charge in [-0.05, 0) is 47.7 Å². The van der Waals surface area contributed by atoms with Crippen molar-refractivity contribution in [3.05, 3.63) is 101 Å². The fourth-order valence-electron chi connectivity index (χ4n) is 3.66. The number of rotatable bonds is 7. The van der Waals surface area contributed by atoms with Crippen molar-refractivity contribution in [1.29, 1.82) is 0 Å². The summed E-state index contributed by atoms with van der Waals surface area (Å²) in [5.74, 6) is 1.33. The Hall–Kier alpha value is -3.40. The van der Waals surface area contributed by atoms with Crippen molar-refractivity contribution in [3.63, 3.8) is 0 Å². The number of carbonyl (C=O) groups excluding carboxylic acids is 1. The summed E-state index contributed by atoms with van der Waals surface area (Å²) in [5.41, 5.74) is 5.26. The highest BCUT2D eigenvalue weighted by Crippen LogP contribution is 2.21. The van der Waals surface area contributed by atoms with Crippen LogP contribution < -0.4 is 5.32 Å². The van der Waals surface area contributed by atoms with Crippen LogP contribution in [0.2, 0.25) is 0 Å². The van der Waals surface area contributed by atoms with Gasteiger partial charge in [0.2, 0.25) is 0 Å². The molecule has 0 saturated carbocycles. The number of carbonyl (C=O) groups is 1. The van der Waals surface area contributed by atoms with E-state index in [4.69, 9.17) is 4.98 Å². The molecule has 0 aliphatic heterocycles. The number of amides is 1. The Bertz CT molecular complexity index is 1130. The molecule has 1 heterocycles. The first-order chi connectivity index (χ1) is 14.7. The van der Waals surface area contributed by atoms with E-state index in [9.17, 15) is 4.79 Å². The van der Waals surface area contributed by atoms with Gasteiger partial charge in [-0.1, -0.05) is 68.4 Å². The highest BCUT2D eigenvalue weighted by atomic mass is 16.1. The first-order valence-corrected chi connectivity index (χ1v) is 10.5. The molecule has 4 rings (SSSR count). The second kappa shape index (κ2) is 8.95. The molecule has 1 atom stereocenters. The van der Waals surface area contributed by atoms with E-state index in [2.05, 4.69) is 54.1 Å². The molecule has 1 unspecified atom stereocenters. The van der Waals surface area contributed by atoms with Crippen LogP contribution in [0.4, 0.5) is 0 Å². The third-order valence-corrected chi connectivity index (χ3v) is 5.68. The summed E-state index contributed by atoms with van der Waals surface area (Å²) in [5, 5.41) is 3.01. The fourth-order valence-corrected chi connectivity index (χ4v) is 3.66. The van der Waals surface area contributed by atoms with Crippen LogP contribution in [0.3, 0.4) is 0 Å². The number of hydrogen-bond acceptors (Lipinski definition) is 2. The van der Waals surface area contributed by atoms with E-state index in [0.717, 1.165) is 29.8 Å². The van der Waals surface area contributed by atoms with Crippen LogP contribution in [0.25, 0.3) is 11.0 Å². The predicted molar refractivity (Wildman–Crippen MR) is 122 cm³/mol. The summed E-state index contributed by atoms with van der Waals surface area (Å²) in [6.45, 7) is 5.57. The topological polar surface area (TPSA) is 46.9 Å². The zero-order valence-corrected chi connectivity index (χ0v) is 17.5. The monoisotopic (exact) mass is 397 g/mol. The van der Waals surface area contributed by atoms with Crippen LogP contribution in [0.5, 0.6) is 0 Å². The van der Waals surface area contributed by atoms with Crippen molar-refractivity contribution >= 4 is 16.9 Å². The minimum absolute atomic E-state index is 0.0906. The number of hydrogen-bond donors (Lipinski definition) is 1. The van der Waals surface area contributed by atoms with Crippen LogP contribution in [-0.2, 0) is 13.1 Å². The molecule has 0 aliphatic carbocycles. The van der Waals surface area contributed by atoms with E-state index >= 15 is 0 Å². The van der Waals surface area contributed by atoms with Gasteiger partial charge in [-0.15, -0.1) is 0 Å². The Morgan fingerprint density at radius 3 is 2.40 bits per heavy atom. The van der Waals surface area contributed by atoms with Gasteiger partial charge in [0, 0.05) is 12.1 Å². The molecule has 1 amide bonds. The van der Waals surface area contributed by atoms with Gasteiger partial charge in [-0.25, -0.2) is 4.98 Å². The summed E-state index contributed by atoms with van der Waals surface area (Å²) < 4.78 is 2.19. The maximum absolute atomic E-state index is 12.5. The molecular weight excluding hydrogens is 370 g/mol. The molecule has 1 N–H and O–H groups in total. The first kappa shape index (κ1) is 19.9. The summed E-state index contributed by atoms with van der Waals surface area (Å²) in [4.78, 5) is 17.3. The standard InChI is InChI=1S/C26H27N3O/c1-3-19(2)21-15-13-20(14-16-21)18-29-24-12-8-7-11-23(24)28-25(29)17-27-26(30)22-9-5-4-6-10-22/h4-16,19H,3,17-18H2,1-2H3,(H,27,30). The molecule has 0 saturated heterocycles. The van der Waals surface area contributed by atoms with Gasteiger partial charge in [0.25, 0.3) is 5.91 Å². The minimum Gasteiger partial charge on any atom is -0.345 e. The lowest BCUT2D eigenvalue weighted by atomic mass is 9.98. The molecule has 0 radical (unpaired) electrons. The van der Waals surface area contributed by atoms with Gasteiger partial charge in [-0.3, -0.25) is 4.79 Å². The summed E-state index contributed by atoms with van der Waals surface area (Å²) in [6, 6.07) is 26.2. The summed E-state index contributed by atoms with van der Waals surface area (Å²) in [7, 11) is 0. The average molecular weight is 398 g/mol. The van der Waals surface area contributed by atoms with Gasteiger partial charge < -0.3 is 9.88 Å². The first-order valence-electron chi connectivity index (χ1n) is 10.5. The predicted octanol–water partition coefficient (Wildman–Crippen LogP) is 5.53. The van der Waals surface area contributed by atoms with Crippen molar-refractivity contribution in [3.8, 4) is 0 Å². The number of aromatic nitrogens is 2. The normalized spacial score (nSPS) is 12.1. The van der Waals surface area contributed by atoms with Crippen LogP contribution in [0, 0.1) is 0 Å². The highest BCUT2D eigenvalue weighted by molar-refractivity contribution is 5.94. The quantitative estimate of drug-likeness (QED) is 0.446. The molecule has 0 spiro atoms. The van der Waals surface area contributed by atoms with Crippen LogP contribution >= 0.6 is 0 Å². The van der Waals surface area contributed by atoms with E-state index < -0.39 is 0 Å². The summed E-state index contributed by atoms with van der Waals surface area (Å²) >= 11 is 0. The Kier molecular flexibility index (Phi) is 5.94. The number of benzene rings is 3. The van der Waals surface area contributed by atoms with Crippen LogP contribution in [0.15, 0.2) is 78.9 Å². The largest absolute Gasteiger partial charge is 0.345 e. The lowest BCUT2D eigenvalue weighted by Crippen LogP contribution is -2.24. The summed E-state index contributed by atoms with van der Waals surface area (Å²) in [6.07, 6.45) is 1.14. The third kappa shape index (κ3) is 4.28. The molecule has 152 valence electrons. The molecule has 0 fully saturated rings. The Balaban J connectivity index is 1.58. The average Bonchev–Trinajstić information content (AvgIpc) is 3.15. The van der Waals surface area contributed by atoms with Crippen molar-refractivity contribution in [2.45, 2.75) is 39.3 Å². The van der Waals surface area contributed by atoms with E-state index in [1.165, 1.54) is 11.1 Å². The number of fused-ring (bicyclic) bond motifs is 1. The second-order valence-electron chi connectivity index (χ2n) is 7.70. The van der Waals surface area contributed by atoms with Gasteiger partial charge in [0.1, 0.15) is 5.82 Å². The molecule has 30 heavy (non-hydrogen) atoms. The number of para-hydroxylation sites is 2. The van der Waals surface area contributed by atoms with Crippen molar-refractivity contribution in [1.82, 2.24) is 14.9 Å². The number of nitrogens with one attached hydrogen (secondary N) is 1. The lowest BCUT2D eigenvalue weighted by molar-refractivity contribution is 0.0949. The Labute approximate surface area is 177 Å². The van der Waals surface area contributed by atoms with Crippen molar-refractivity contribution in [2.75, 3.05) is 0 Å². The van der Waals surface area contributed by atoms with E-state index in [-0.39, 0.29) is 5.91 Å². The van der Waals surface area contributed by atoms with Crippen molar-refractivity contribution in [2.24, 2.45) is 0 Å². The zero-order chi connectivity index (χ0) is 20.9. The van der Waals surface area contributed by atoms with Crippen LogP contribution in [0.1, 0.15) is 53.5 Å². The van der Waals surface area contributed by atoms with Crippen molar-refractivity contribution < 1.29 is 4.79 Å². The minimum atomic E-state index is -0.0906. The molecular formula is C26H27N3O. The van der Waals surface area contributed by atoms with Gasteiger partial charge in [0.15, 0.2) is 0 Å². The Morgan fingerprint density at radius 2 is 1.67 bits per heavy atom. The molecule has 1 aromatic heterocycles. The molecule has 4 heteroatoms. The lowest BCUT2D eigenvalue weighted by Gasteiger charge is -2.13. The van der Waals surface area contributed by atoms with E-state index in [1.807, 2.05) is 48.5 Å². The fraction of sp³-hybridized carbons (Fsp3) is 0.231. The maximum atomic E-state index is 12.5. The molecule has 0 aliphatic rings. The van der Waals surface area contributed by atoms with Gasteiger partial charge in [0.05, 0.1) is 17.6 Å². The molecule has 3 aromatic carbocycles. The smallest absolute Gasteiger partial charge is 0.251 e. The third-order valence-electron chi connectivity index (χ3n) is 5.68. The van der Waals surface area contributed by atoms with Crippen LogP contribution in [-0.4, -0.2) is 15.5 Å². The van der Waals surface area contributed by atoms with E-state index in [1.54, 1.807) is 0 Å². The molecule has 4 aromatic rings. The van der Waals surface area contributed by atoms with E-state index in [0.29, 0.717) is 18.0 Å². The van der Waals surface area contributed by atoms with Gasteiger partial charge >= 0.3 is 0 Å². The second-order valence-corrected chi connectivity index (χ2v) is 7.70. The zero-order valence-electron chi connectivity index (χ0n) is 17.5. The Morgan fingerprint density at radius 1 is 0.967 bits per heavy atom. The molecule has 0 bridgehead atoms.